The molecule has 0 aliphatic heterocycles. The Hall–Kier alpha value is -2.91. The number of nitrogens with one attached hydrogen (secondary N) is 1. The summed E-state index contributed by atoms with van der Waals surface area (Å²) < 4.78 is 43.3. The van der Waals surface area contributed by atoms with Crippen LogP contribution in [0.5, 0.6) is 0 Å². The number of nitrogens with zero attached hydrogens (tertiary/aromatic N) is 3. The molecular weight excluding hydrogens is 317 g/mol. The number of aromatic nitrogens is 3. The summed E-state index contributed by atoms with van der Waals surface area (Å²) in [7, 11) is 1.17. The number of anilines is 1. The average molecular weight is 328 g/mol. The van der Waals surface area contributed by atoms with Crippen LogP contribution >= 0.6 is 0 Å². The molecule has 0 atom stereocenters. The minimum absolute atomic E-state index is 0.00173. The quantitative estimate of drug-likeness (QED) is 0.864. The predicted octanol–water partition coefficient (Wildman–Crippen LogP) is 1.72. The van der Waals surface area contributed by atoms with Crippen molar-refractivity contribution in [2.75, 3.05) is 12.4 Å². The normalized spacial score (nSPS) is 11.1. The molecule has 1 N–H and O–H groups in total. The van der Waals surface area contributed by atoms with E-state index in [4.69, 9.17) is 0 Å². The van der Waals surface area contributed by atoms with E-state index in [0.29, 0.717) is 0 Å². The minimum atomic E-state index is -4.50. The van der Waals surface area contributed by atoms with Gasteiger partial charge in [-0.1, -0.05) is 11.3 Å². The fourth-order valence-corrected chi connectivity index (χ4v) is 1.69. The molecular formula is C13H11F3N4O3. The van der Waals surface area contributed by atoms with E-state index in [2.05, 4.69) is 20.4 Å². The summed E-state index contributed by atoms with van der Waals surface area (Å²) in [4.78, 5) is 23.0. The minimum Gasteiger partial charge on any atom is -0.464 e. The standard InChI is InChI=1S/C13H11F3N4O3/c1-23-12(22)10-6-20(19-18-10)7-11(21)17-9-4-2-3-8(5-9)13(14,15)16/h2-6H,7H2,1H3,(H,17,21). The lowest BCUT2D eigenvalue weighted by Gasteiger charge is -2.09. The van der Waals surface area contributed by atoms with E-state index in [1.165, 1.54) is 25.4 Å². The molecule has 1 amide bonds. The Morgan fingerprint density at radius 3 is 2.74 bits per heavy atom. The summed E-state index contributed by atoms with van der Waals surface area (Å²) in [6.45, 7) is -0.319. The van der Waals surface area contributed by atoms with Crippen LogP contribution in [0.15, 0.2) is 30.5 Å². The third-order valence-corrected chi connectivity index (χ3v) is 2.71. The number of rotatable bonds is 4. The molecule has 0 aliphatic carbocycles. The van der Waals surface area contributed by atoms with Crippen LogP contribution in [0.2, 0.25) is 0 Å². The lowest BCUT2D eigenvalue weighted by Crippen LogP contribution is -2.19. The summed E-state index contributed by atoms with van der Waals surface area (Å²) in [5.41, 5.74) is -0.957. The molecule has 0 saturated carbocycles. The van der Waals surface area contributed by atoms with Crippen molar-refractivity contribution in [2.24, 2.45) is 0 Å². The molecule has 122 valence electrons. The first-order chi connectivity index (χ1) is 10.8. The number of halogens is 3. The third-order valence-electron chi connectivity index (χ3n) is 2.71. The van der Waals surface area contributed by atoms with Crippen molar-refractivity contribution in [3.63, 3.8) is 0 Å². The molecule has 1 heterocycles. The first-order valence-corrected chi connectivity index (χ1v) is 6.25. The zero-order valence-corrected chi connectivity index (χ0v) is 11.8. The van der Waals surface area contributed by atoms with E-state index in [1.54, 1.807) is 0 Å². The maximum absolute atomic E-state index is 12.6. The second kappa shape index (κ2) is 6.46. The highest BCUT2D eigenvalue weighted by molar-refractivity contribution is 5.91. The van der Waals surface area contributed by atoms with Crippen LogP contribution in [-0.4, -0.2) is 34.0 Å². The van der Waals surface area contributed by atoms with E-state index in [9.17, 15) is 22.8 Å². The van der Waals surface area contributed by atoms with Crippen LogP contribution in [0, 0.1) is 0 Å². The smallest absolute Gasteiger partial charge is 0.416 e. The number of carbonyl (C=O) groups is 2. The molecule has 0 saturated heterocycles. The van der Waals surface area contributed by atoms with Gasteiger partial charge in [0.1, 0.15) is 6.54 Å². The van der Waals surface area contributed by atoms with Crippen LogP contribution in [0.3, 0.4) is 0 Å². The molecule has 0 radical (unpaired) electrons. The number of ether oxygens (including phenoxy) is 1. The Morgan fingerprint density at radius 2 is 2.09 bits per heavy atom. The molecule has 2 aromatic rings. The second-order valence-electron chi connectivity index (χ2n) is 4.42. The van der Waals surface area contributed by atoms with Gasteiger partial charge in [-0.15, -0.1) is 5.10 Å². The molecule has 1 aromatic heterocycles. The number of esters is 1. The van der Waals surface area contributed by atoms with Gasteiger partial charge in [-0.2, -0.15) is 13.2 Å². The van der Waals surface area contributed by atoms with Gasteiger partial charge in [-0.25, -0.2) is 9.48 Å². The van der Waals surface area contributed by atoms with E-state index < -0.39 is 23.6 Å². The van der Waals surface area contributed by atoms with Crippen molar-refractivity contribution in [2.45, 2.75) is 12.7 Å². The van der Waals surface area contributed by atoms with Gasteiger partial charge in [0.25, 0.3) is 0 Å². The first kappa shape index (κ1) is 16.5. The molecule has 0 aliphatic rings. The van der Waals surface area contributed by atoms with Crippen molar-refractivity contribution in [1.29, 1.82) is 0 Å². The number of benzene rings is 1. The Labute approximate surface area is 128 Å². The number of hydrogen-bond donors (Lipinski definition) is 1. The Morgan fingerprint density at radius 1 is 1.35 bits per heavy atom. The highest BCUT2D eigenvalue weighted by atomic mass is 19.4. The SMILES string of the molecule is COC(=O)c1cn(CC(=O)Nc2cccc(C(F)(F)F)c2)nn1. The van der Waals surface area contributed by atoms with E-state index in [1.807, 2.05) is 0 Å². The molecule has 0 fully saturated rings. The Kier molecular flexibility index (Phi) is 4.63. The summed E-state index contributed by atoms with van der Waals surface area (Å²) >= 11 is 0. The van der Waals surface area contributed by atoms with E-state index in [0.717, 1.165) is 16.8 Å². The largest absolute Gasteiger partial charge is 0.464 e. The molecule has 1 aromatic carbocycles. The van der Waals surface area contributed by atoms with Gasteiger partial charge in [0.2, 0.25) is 5.91 Å². The van der Waals surface area contributed by atoms with Crippen molar-refractivity contribution in [1.82, 2.24) is 15.0 Å². The van der Waals surface area contributed by atoms with E-state index >= 15 is 0 Å². The molecule has 10 heteroatoms. The van der Waals surface area contributed by atoms with Gasteiger partial charge < -0.3 is 10.1 Å². The zero-order valence-electron chi connectivity index (χ0n) is 11.8. The number of methoxy groups -OCH3 is 1. The van der Waals surface area contributed by atoms with Crippen LogP contribution in [0.1, 0.15) is 16.1 Å². The first-order valence-electron chi connectivity index (χ1n) is 6.25. The number of amides is 1. The predicted molar refractivity (Wildman–Crippen MR) is 71.4 cm³/mol. The van der Waals surface area contributed by atoms with Crippen LogP contribution in [0.4, 0.5) is 18.9 Å². The van der Waals surface area contributed by atoms with E-state index in [-0.39, 0.29) is 17.9 Å². The topological polar surface area (TPSA) is 86.1 Å². The molecule has 0 bridgehead atoms. The van der Waals surface area contributed by atoms with Crippen molar-refractivity contribution >= 4 is 17.6 Å². The lowest BCUT2D eigenvalue weighted by atomic mass is 10.2. The van der Waals surface area contributed by atoms with Crippen molar-refractivity contribution < 1.29 is 27.5 Å². The van der Waals surface area contributed by atoms with Crippen LogP contribution < -0.4 is 5.32 Å². The summed E-state index contributed by atoms with van der Waals surface area (Å²) in [5.74, 6) is -1.33. The summed E-state index contributed by atoms with van der Waals surface area (Å²) in [6, 6.07) is 4.23. The fourth-order valence-electron chi connectivity index (χ4n) is 1.69. The van der Waals surface area contributed by atoms with Crippen LogP contribution in [-0.2, 0) is 22.3 Å². The second-order valence-corrected chi connectivity index (χ2v) is 4.42. The van der Waals surface area contributed by atoms with Crippen LogP contribution in [0.25, 0.3) is 0 Å². The number of carbonyl (C=O) groups excluding carboxylic acids is 2. The molecule has 0 unspecified atom stereocenters. The highest BCUT2D eigenvalue weighted by Gasteiger charge is 2.30. The fraction of sp³-hybridized carbons (Fsp3) is 0.231. The Balaban J connectivity index is 2.02. The zero-order chi connectivity index (χ0) is 17.0. The van der Waals surface area contributed by atoms with Gasteiger partial charge in [0, 0.05) is 5.69 Å². The molecule has 23 heavy (non-hydrogen) atoms. The number of hydrogen-bond acceptors (Lipinski definition) is 5. The van der Waals surface area contributed by atoms with Gasteiger partial charge in [0.05, 0.1) is 18.9 Å². The summed E-state index contributed by atoms with van der Waals surface area (Å²) in [5, 5.41) is 9.36. The summed E-state index contributed by atoms with van der Waals surface area (Å²) in [6.07, 6.45) is -3.31. The van der Waals surface area contributed by atoms with Gasteiger partial charge in [-0.05, 0) is 18.2 Å². The molecule has 7 nitrogen and oxygen atoms in total. The molecule has 2 rings (SSSR count). The highest BCUT2D eigenvalue weighted by Crippen LogP contribution is 2.30. The maximum Gasteiger partial charge on any atom is 0.416 e. The van der Waals surface area contributed by atoms with Gasteiger partial charge in [-0.3, -0.25) is 4.79 Å². The lowest BCUT2D eigenvalue weighted by molar-refractivity contribution is -0.137. The average Bonchev–Trinajstić information content (AvgIpc) is 2.94. The maximum atomic E-state index is 12.6. The number of alkyl halides is 3. The monoisotopic (exact) mass is 328 g/mol. The molecule has 0 spiro atoms. The van der Waals surface area contributed by atoms with Crippen molar-refractivity contribution in [3.8, 4) is 0 Å². The van der Waals surface area contributed by atoms with Crippen molar-refractivity contribution in [3.05, 3.63) is 41.7 Å². The van der Waals surface area contributed by atoms with Gasteiger partial charge in [0.15, 0.2) is 5.69 Å². The third kappa shape index (κ3) is 4.28. The Bertz CT molecular complexity index is 727. The van der Waals surface area contributed by atoms with Gasteiger partial charge >= 0.3 is 12.1 Å².